The summed E-state index contributed by atoms with van der Waals surface area (Å²) in [6.45, 7) is 2.60. The third kappa shape index (κ3) is 3.66. The molecular weight excluding hydrogens is 206 g/mol. The van der Waals surface area contributed by atoms with E-state index in [1.807, 2.05) is 10.8 Å². The van der Waals surface area contributed by atoms with E-state index in [0.29, 0.717) is 6.42 Å². The number of carbonyl (C=O) groups is 1. The van der Waals surface area contributed by atoms with Gasteiger partial charge in [-0.1, -0.05) is 0 Å². The second kappa shape index (κ2) is 5.65. The van der Waals surface area contributed by atoms with Crippen molar-refractivity contribution in [2.45, 2.75) is 38.3 Å². The lowest BCUT2D eigenvalue weighted by atomic mass is 9.96. The first-order valence-corrected chi connectivity index (χ1v) is 5.39. The summed E-state index contributed by atoms with van der Waals surface area (Å²) in [4.78, 5) is 15.2. The van der Waals surface area contributed by atoms with Crippen molar-refractivity contribution in [1.29, 1.82) is 0 Å². The minimum absolute atomic E-state index is 0.352. The Bertz CT molecular complexity index is 320. The largest absolute Gasteiger partial charge is 0.468 e. The van der Waals surface area contributed by atoms with E-state index in [9.17, 15) is 4.79 Å². The Morgan fingerprint density at radius 2 is 2.31 bits per heavy atom. The van der Waals surface area contributed by atoms with Gasteiger partial charge >= 0.3 is 5.97 Å². The number of nitrogens with two attached hydrogens (primary N) is 1. The van der Waals surface area contributed by atoms with Crippen LogP contribution in [0.4, 0.5) is 0 Å². The van der Waals surface area contributed by atoms with Gasteiger partial charge in [0.25, 0.3) is 0 Å². The molecule has 1 aromatic rings. The van der Waals surface area contributed by atoms with Gasteiger partial charge in [0.1, 0.15) is 5.54 Å². The van der Waals surface area contributed by atoms with Crippen LogP contribution in [0.25, 0.3) is 0 Å². The van der Waals surface area contributed by atoms with E-state index in [-0.39, 0.29) is 5.97 Å². The molecule has 1 atom stereocenters. The lowest BCUT2D eigenvalue weighted by Gasteiger charge is -2.21. The minimum Gasteiger partial charge on any atom is -0.468 e. The quantitative estimate of drug-likeness (QED) is 0.578. The van der Waals surface area contributed by atoms with Gasteiger partial charge in [0.15, 0.2) is 0 Å². The van der Waals surface area contributed by atoms with E-state index in [1.165, 1.54) is 7.11 Å². The molecule has 0 aliphatic rings. The van der Waals surface area contributed by atoms with Crippen LogP contribution in [0.3, 0.4) is 0 Å². The Balaban J connectivity index is 2.22. The molecule has 1 aromatic heterocycles. The van der Waals surface area contributed by atoms with Gasteiger partial charge in [-0.3, -0.25) is 4.79 Å². The van der Waals surface area contributed by atoms with Crippen LogP contribution >= 0.6 is 0 Å². The van der Waals surface area contributed by atoms with E-state index in [2.05, 4.69) is 9.72 Å². The van der Waals surface area contributed by atoms with Crippen molar-refractivity contribution < 1.29 is 9.53 Å². The van der Waals surface area contributed by atoms with Crippen LogP contribution < -0.4 is 5.73 Å². The molecule has 90 valence electrons. The molecule has 0 aliphatic carbocycles. The average molecular weight is 225 g/mol. The number of rotatable bonds is 6. The Morgan fingerprint density at radius 1 is 1.56 bits per heavy atom. The highest BCUT2D eigenvalue weighted by molar-refractivity contribution is 5.79. The Morgan fingerprint density at radius 3 is 2.88 bits per heavy atom. The fourth-order valence-corrected chi connectivity index (χ4v) is 1.54. The number of aryl methyl sites for hydroxylation is 1. The number of methoxy groups -OCH3 is 1. The zero-order chi connectivity index (χ0) is 12.0. The van der Waals surface area contributed by atoms with E-state index < -0.39 is 5.54 Å². The summed E-state index contributed by atoms with van der Waals surface area (Å²) in [6, 6.07) is 0. The summed E-state index contributed by atoms with van der Waals surface area (Å²) >= 11 is 0. The van der Waals surface area contributed by atoms with Crippen molar-refractivity contribution in [3.8, 4) is 0 Å². The van der Waals surface area contributed by atoms with Crippen molar-refractivity contribution in [2.75, 3.05) is 7.11 Å². The molecule has 2 N–H and O–H groups in total. The van der Waals surface area contributed by atoms with Gasteiger partial charge < -0.3 is 15.0 Å². The number of hydrogen-bond donors (Lipinski definition) is 1. The summed E-state index contributed by atoms with van der Waals surface area (Å²) in [6.07, 6.45) is 7.94. The molecule has 0 saturated carbocycles. The zero-order valence-electron chi connectivity index (χ0n) is 9.85. The van der Waals surface area contributed by atoms with Crippen LogP contribution in [0.2, 0.25) is 0 Å². The number of imidazole rings is 1. The lowest BCUT2D eigenvalue weighted by molar-refractivity contribution is -0.146. The Hall–Kier alpha value is -1.36. The SMILES string of the molecule is COC(=O)C(C)(N)CCCCn1ccnc1. The average Bonchev–Trinajstić information content (AvgIpc) is 2.76. The molecule has 0 spiro atoms. The van der Waals surface area contributed by atoms with Crippen molar-refractivity contribution >= 4 is 5.97 Å². The lowest BCUT2D eigenvalue weighted by Crippen LogP contribution is -2.45. The van der Waals surface area contributed by atoms with Gasteiger partial charge in [-0.2, -0.15) is 0 Å². The molecule has 1 heterocycles. The second-order valence-electron chi connectivity index (χ2n) is 4.17. The Labute approximate surface area is 95.6 Å². The highest BCUT2D eigenvalue weighted by Gasteiger charge is 2.28. The molecule has 5 nitrogen and oxygen atoms in total. The van der Waals surface area contributed by atoms with Crippen LogP contribution in [-0.4, -0.2) is 28.2 Å². The summed E-state index contributed by atoms with van der Waals surface area (Å²) in [5, 5.41) is 0. The summed E-state index contributed by atoms with van der Waals surface area (Å²) in [5.74, 6) is -0.352. The first kappa shape index (κ1) is 12.7. The number of aromatic nitrogens is 2. The van der Waals surface area contributed by atoms with Crippen molar-refractivity contribution in [3.63, 3.8) is 0 Å². The van der Waals surface area contributed by atoms with Gasteiger partial charge in [0, 0.05) is 18.9 Å². The highest BCUT2D eigenvalue weighted by atomic mass is 16.5. The first-order chi connectivity index (χ1) is 7.56. The van der Waals surface area contributed by atoms with Crippen LogP contribution in [0, 0.1) is 0 Å². The fourth-order valence-electron chi connectivity index (χ4n) is 1.54. The third-order valence-corrected chi connectivity index (χ3v) is 2.57. The monoisotopic (exact) mass is 225 g/mol. The molecule has 0 radical (unpaired) electrons. The van der Waals surface area contributed by atoms with Gasteiger partial charge in [0.2, 0.25) is 0 Å². The Kier molecular flexibility index (Phi) is 4.49. The fraction of sp³-hybridized carbons (Fsp3) is 0.636. The van der Waals surface area contributed by atoms with Crippen molar-refractivity contribution in [2.24, 2.45) is 5.73 Å². The molecule has 5 heteroatoms. The molecule has 1 rings (SSSR count). The summed E-state index contributed by atoms with van der Waals surface area (Å²) in [5.41, 5.74) is 4.97. The maximum atomic E-state index is 11.3. The van der Waals surface area contributed by atoms with Crippen LogP contribution in [0.15, 0.2) is 18.7 Å². The molecule has 1 unspecified atom stereocenters. The maximum Gasteiger partial charge on any atom is 0.325 e. The summed E-state index contributed by atoms with van der Waals surface area (Å²) < 4.78 is 6.64. The van der Waals surface area contributed by atoms with Crippen LogP contribution in [0.5, 0.6) is 0 Å². The van der Waals surface area contributed by atoms with Gasteiger partial charge in [0.05, 0.1) is 13.4 Å². The summed E-state index contributed by atoms with van der Waals surface area (Å²) in [7, 11) is 1.36. The number of unbranched alkanes of at least 4 members (excludes halogenated alkanes) is 1. The molecule has 0 aromatic carbocycles. The van der Waals surface area contributed by atoms with E-state index in [0.717, 1.165) is 19.4 Å². The minimum atomic E-state index is -0.871. The van der Waals surface area contributed by atoms with E-state index >= 15 is 0 Å². The predicted octanol–water partition coefficient (Wildman–Crippen LogP) is 0.944. The van der Waals surface area contributed by atoms with Gasteiger partial charge in [-0.05, 0) is 26.2 Å². The molecular formula is C11H19N3O2. The van der Waals surface area contributed by atoms with Crippen LogP contribution in [-0.2, 0) is 16.1 Å². The predicted molar refractivity (Wildman–Crippen MR) is 60.7 cm³/mol. The molecule has 0 amide bonds. The molecule has 16 heavy (non-hydrogen) atoms. The van der Waals surface area contributed by atoms with Crippen LogP contribution in [0.1, 0.15) is 26.2 Å². The van der Waals surface area contributed by atoms with Gasteiger partial charge in [-0.25, -0.2) is 4.98 Å². The normalized spacial score (nSPS) is 14.4. The number of esters is 1. The number of hydrogen-bond acceptors (Lipinski definition) is 4. The van der Waals surface area contributed by atoms with E-state index in [1.54, 1.807) is 19.4 Å². The van der Waals surface area contributed by atoms with Crippen molar-refractivity contribution in [3.05, 3.63) is 18.7 Å². The smallest absolute Gasteiger partial charge is 0.325 e. The van der Waals surface area contributed by atoms with E-state index in [4.69, 9.17) is 5.73 Å². The molecule has 0 saturated heterocycles. The second-order valence-corrected chi connectivity index (χ2v) is 4.17. The molecule has 0 bridgehead atoms. The highest BCUT2D eigenvalue weighted by Crippen LogP contribution is 2.12. The van der Waals surface area contributed by atoms with Crippen molar-refractivity contribution in [1.82, 2.24) is 9.55 Å². The number of nitrogens with zero attached hydrogens (tertiary/aromatic N) is 2. The topological polar surface area (TPSA) is 70.1 Å². The zero-order valence-corrected chi connectivity index (χ0v) is 9.85. The third-order valence-electron chi connectivity index (χ3n) is 2.57. The maximum absolute atomic E-state index is 11.3. The molecule has 0 fully saturated rings. The molecule has 0 aliphatic heterocycles. The first-order valence-electron chi connectivity index (χ1n) is 5.39. The standard InChI is InChI=1S/C11H19N3O2/c1-11(12,10(15)16-2)5-3-4-7-14-8-6-13-9-14/h6,8-9H,3-5,7,12H2,1-2H3. The number of ether oxygens (including phenoxy) is 1. The number of carbonyl (C=O) groups excluding carboxylic acids is 1. The van der Waals surface area contributed by atoms with Gasteiger partial charge in [-0.15, -0.1) is 0 Å².